The number of hydrogen-bond donors (Lipinski definition) is 0. The topological polar surface area (TPSA) is 79.1 Å². The SMILES string of the molecule is CCOC(=O)C1=C(C)N=c2s/c(=C\c3ccc(OCc4ccc(Br)cc4)c(Br)c3)c(=O)n2[C@@H]1c1ccc(OCC)cc1. The molecule has 1 aliphatic heterocycles. The average Bonchev–Trinajstić information content (AvgIpc) is 3.27. The number of halogens is 2. The summed E-state index contributed by atoms with van der Waals surface area (Å²) in [6.45, 7) is 6.63. The van der Waals surface area contributed by atoms with Crippen molar-refractivity contribution in [2.24, 2.45) is 4.99 Å². The van der Waals surface area contributed by atoms with E-state index < -0.39 is 12.0 Å². The summed E-state index contributed by atoms with van der Waals surface area (Å²) in [5.74, 6) is 0.915. The van der Waals surface area contributed by atoms with E-state index in [1.165, 1.54) is 11.3 Å². The monoisotopic (exact) mass is 710 g/mol. The Hall–Kier alpha value is -3.47. The van der Waals surface area contributed by atoms with E-state index in [4.69, 9.17) is 14.2 Å². The summed E-state index contributed by atoms with van der Waals surface area (Å²) in [6.07, 6.45) is 1.83. The molecule has 0 fully saturated rings. The Morgan fingerprint density at radius 1 is 1.00 bits per heavy atom. The lowest BCUT2D eigenvalue weighted by atomic mass is 9.96. The molecule has 0 unspecified atom stereocenters. The van der Waals surface area contributed by atoms with Gasteiger partial charge in [0.15, 0.2) is 4.80 Å². The second-order valence-electron chi connectivity index (χ2n) is 9.41. The Morgan fingerprint density at radius 3 is 2.40 bits per heavy atom. The lowest BCUT2D eigenvalue weighted by Crippen LogP contribution is -2.39. The molecule has 10 heteroatoms. The second kappa shape index (κ2) is 13.2. The van der Waals surface area contributed by atoms with Crippen molar-refractivity contribution in [3.8, 4) is 11.5 Å². The number of esters is 1. The molecule has 7 nitrogen and oxygen atoms in total. The number of thiazole rings is 1. The molecule has 0 bridgehead atoms. The largest absolute Gasteiger partial charge is 0.494 e. The van der Waals surface area contributed by atoms with Crippen LogP contribution in [0.25, 0.3) is 6.08 Å². The number of benzene rings is 3. The molecule has 1 atom stereocenters. The van der Waals surface area contributed by atoms with E-state index in [-0.39, 0.29) is 12.2 Å². The lowest BCUT2D eigenvalue weighted by Gasteiger charge is -2.24. The molecule has 5 rings (SSSR count). The summed E-state index contributed by atoms with van der Waals surface area (Å²) in [4.78, 5) is 32.2. The molecule has 2 heterocycles. The first-order valence-corrected chi connectivity index (χ1v) is 15.8. The van der Waals surface area contributed by atoms with Gasteiger partial charge >= 0.3 is 5.97 Å². The minimum Gasteiger partial charge on any atom is -0.494 e. The number of carbonyl (C=O) groups is 1. The quantitative estimate of drug-likeness (QED) is 0.191. The molecule has 0 saturated carbocycles. The first kappa shape index (κ1) is 30.0. The highest BCUT2D eigenvalue weighted by atomic mass is 79.9. The first-order chi connectivity index (χ1) is 20.3. The van der Waals surface area contributed by atoms with Crippen LogP contribution in [0, 0.1) is 0 Å². The summed E-state index contributed by atoms with van der Waals surface area (Å²) in [5, 5.41) is 0. The van der Waals surface area contributed by atoms with Crippen molar-refractivity contribution in [2.75, 3.05) is 13.2 Å². The lowest BCUT2D eigenvalue weighted by molar-refractivity contribution is -0.139. The van der Waals surface area contributed by atoms with Crippen LogP contribution in [0.1, 0.15) is 43.5 Å². The Kier molecular flexibility index (Phi) is 9.45. The number of ether oxygens (including phenoxy) is 3. The van der Waals surface area contributed by atoms with Gasteiger partial charge in [0.1, 0.15) is 18.1 Å². The van der Waals surface area contributed by atoms with Gasteiger partial charge in [-0.2, -0.15) is 0 Å². The van der Waals surface area contributed by atoms with Gasteiger partial charge in [-0.3, -0.25) is 9.36 Å². The first-order valence-electron chi connectivity index (χ1n) is 13.4. The highest BCUT2D eigenvalue weighted by molar-refractivity contribution is 9.10. The number of carbonyl (C=O) groups excluding carboxylic acids is 1. The van der Waals surface area contributed by atoms with Crippen molar-refractivity contribution in [1.29, 1.82) is 0 Å². The number of nitrogens with zero attached hydrogens (tertiary/aromatic N) is 2. The van der Waals surface area contributed by atoms with Crippen molar-refractivity contribution in [2.45, 2.75) is 33.4 Å². The van der Waals surface area contributed by atoms with Gasteiger partial charge in [0.05, 0.1) is 39.5 Å². The zero-order chi connectivity index (χ0) is 29.8. The molecular formula is C32H28Br2N2O5S. The number of aromatic nitrogens is 1. The van der Waals surface area contributed by atoms with Crippen LogP contribution in [0.2, 0.25) is 0 Å². The van der Waals surface area contributed by atoms with Gasteiger partial charge in [-0.05, 0) is 95.9 Å². The third-order valence-corrected chi connectivity index (χ3v) is 8.72. The molecule has 0 radical (unpaired) electrons. The maximum Gasteiger partial charge on any atom is 0.338 e. The molecule has 0 N–H and O–H groups in total. The van der Waals surface area contributed by atoms with Crippen LogP contribution in [-0.4, -0.2) is 23.8 Å². The molecule has 4 aromatic rings. The van der Waals surface area contributed by atoms with Crippen LogP contribution in [0.5, 0.6) is 11.5 Å². The van der Waals surface area contributed by atoms with Gasteiger partial charge < -0.3 is 14.2 Å². The molecule has 0 aliphatic carbocycles. The molecule has 1 aliphatic rings. The summed E-state index contributed by atoms with van der Waals surface area (Å²) in [7, 11) is 0. The smallest absolute Gasteiger partial charge is 0.338 e. The number of hydrogen-bond acceptors (Lipinski definition) is 7. The Labute approximate surface area is 264 Å². The molecule has 216 valence electrons. The maximum atomic E-state index is 13.9. The molecule has 0 spiro atoms. The zero-order valence-electron chi connectivity index (χ0n) is 23.2. The van der Waals surface area contributed by atoms with Gasteiger partial charge in [0.2, 0.25) is 0 Å². The molecule has 0 amide bonds. The van der Waals surface area contributed by atoms with Crippen LogP contribution in [0.15, 0.2) is 96.7 Å². The van der Waals surface area contributed by atoms with Gasteiger partial charge in [-0.1, -0.05) is 57.6 Å². The van der Waals surface area contributed by atoms with Crippen LogP contribution in [-0.2, 0) is 16.1 Å². The molecule has 42 heavy (non-hydrogen) atoms. The second-order valence-corrected chi connectivity index (χ2v) is 12.2. The van der Waals surface area contributed by atoms with Gasteiger partial charge in [-0.15, -0.1) is 0 Å². The molecule has 0 saturated heterocycles. The van der Waals surface area contributed by atoms with Crippen LogP contribution in [0.4, 0.5) is 0 Å². The van der Waals surface area contributed by atoms with Crippen molar-refractivity contribution in [3.63, 3.8) is 0 Å². The minimum absolute atomic E-state index is 0.216. The van der Waals surface area contributed by atoms with Crippen molar-refractivity contribution < 1.29 is 19.0 Å². The van der Waals surface area contributed by atoms with E-state index in [0.717, 1.165) is 25.6 Å². The standard InChI is InChI=1S/C32H28Br2N2O5S/c1-4-39-24-13-9-22(10-14-24)29-28(31(38)40-5-2)19(3)35-32-36(29)30(37)27(42-32)17-21-8-15-26(25(34)16-21)41-18-20-6-11-23(33)12-7-20/h6-17,29H,4-5,18H2,1-3H3/b27-17-/t29-/m1/s1. The predicted octanol–water partition coefficient (Wildman–Crippen LogP) is 6.30. The van der Waals surface area contributed by atoms with Crippen LogP contribution >= 0.6 is 43.2 Å². The van der Waals surface area contributed by atoms with E-state index in [0.29, 0.717) is 45.3 Å². The third-order valence-electron chi connectivity index (χ3n) is 6.59. The van der Waals surface area contributed by atoms with Gasteiger partial charge in [0, 0.05) is 4.47 Å². The number of fused-ring (bicyclic) bond motifs is 1. The van der Waals surface area contributed by atoms with E-state index in [1.807, 2.05) is 79.7 Å². The van der Waals surface area contributed by atoms with E-state index in [1.54, 1.807) is 18.4 Å². The Morgan fingerprint density at radius 2 is 1.74 bits per heavy atom. The number of allylic oxidation sites excluding steroid dienone is 1. The summed E-state index contributed by atoms with van der Waals surface area (Å²) >= 11 is 8.33. The minimum atomic E-state index is -0.681. The highest BCUT2D eigenvalue weighted by Gasteiger charge is 2.33. The third kappa shape index (κ3) is 6.45. The van der Waals surface area contributed by atoms with E-state index in [9.17, 15) is 9.59 Å². The van der Waals surface area contributed by atoms with Crippen LogP contribution < -0.4 is 24.4 Å². The molecular weight excluding hydrogens is 684 g/mol. The van der Waals surface area contributed by atoms with E-state index >= 15 is 0 Å². The maximum absolute atomic E-state index is 13.9. The van der Waals surface area contributed by atoms with E-state index in [2.05, 4.69) is 36.9 Å². The highest BCUT2D eigenvalue weighted by Crippen LogP contribution is 2.32. The zero-order valence-corrected chi connectivity index (χ0v) is 27.2. The Bertz CT molecular complexity index is 1830. The normalized spacial score (nSPS) is 14.8. The fraction of sp³-hybridized carbons (Fsp3) is 0.219. The summed E-state index contributed by atoms with van der Waals surface area (Å²) < 4.78 is 20.8. The van der Waals surface area contributed by atoms with Crippen molar-refractivity contribution >= 4 is 55.2 Å². The number of rotatable bonds is 9. The average molecular weight is 712 g/mol. The summed E-state index contributed by atoms with van der Waals surface area (Å²) in [6, 6.07) is 20.4. The van der Waals surface area contributed by atoms with Gasteiger partial charge in [0.25, 0.3) is 5.56 Å². The van der Waals surface area contributed by atoms with Crippen molar-refractivity contribution in [3.05, 3.63) is 123 Å². The predicted molar refractivity (Wildman–Crippen MR) is 171 cm³/mol. The molecule has 3 aromatic carbocycles. The van der Waals surface area contributed by atoms with Gasteiger partial charge in [-0.25, -0.2) is 9.79 Å². The Balaban J connectivity index is 1.51. The fourth-order valence-electron chi connectivity index (χ4n) is 4.64. The molecule has 1 aromatic heterocycles. The van der Waals surface area contributed by atoms with Crippen molar-refractivity contribution in [1.82, 2.24) is 4.57 Å². The summed E-state index contributed by atoms with van der Waals surface area (Å²) in [5.41, 5.74) is 3.26. The fourth-order valence-corrected chi connectivity index (χ4v) is 6.46. The van der Waals surface area contributed by atoms with Crippen LogP contribution in [0.3, 0.4) is 0 Å².